The number of nitrogens with zero attached hydrogens (tertiary/aromatic N) is 2. The Labute approximate surface area is 177 Å². The molecule has 7 nitrogen and oxygen atoms in total. The van der Waals surface area contributed by atoms with E-state index >= 15 is 0 Å². The highest BCUT2D eigenvalue weighted by molar-refractivity contribution is 7.80. The smallest absolute Gasteiger partial charge is 0.225 e. The van der Waals surface area contributed by atoms with Gasteiger partial charge in [0, 0.05) is 18.8 Å². The average Bonchev–Trinajstić information content (AvgIpc) is 3.09. The number of likely N-dealkylation sites (tertiary alicyclic amines) is 1. The van der Waals surface area contributed by atoms with Crippen molar-refractivity contribution < 1.29 is 15.0 Å². The highest BCUT2D eigenvalue weighted by Gasteiger charge is 2.53. The van der Waals surface area contributed by atoms with E-state index in [4.69, 9.17) is 12.2 Å². The third-order valence-corrected chi connectivity index (χ3v) is 6.71. The summed E-state index contributed by atoms with van der Waals surface area (Å²) in [6.07, 6.45) is 2.02. The molecule has 1 saturated carbocycles. The second-order valence-corrected chi connectivity index (χ2v) is 8.65. The molecule has 2 aliphatic heterocycles. The van der Waals surface area contributed by atoms with Crippen molar-refractivity contribution in [1.82, 2.24) is 15.5 Å². The summed E-state index contributed by atoms with van der Waals surface area (Å²) in [7, 11) is 0. The van der Waals surface area contributed by atoms with E-state index in [-0.39, 0.29) is 18.4 Å². The summed E-state index contributed by atoms with van der Waals surface area (Å²) in [5, 5.41) is 27.6. The number of piperidine rings is 1. The van der Waals surface area contributed by atoms with Gasteiger partial charge in [0.15, 0.2) is 5.11 Å². The van der Waals surface area contributed by atoms with Crippen molar-refractivity contribution in [2.45, 2.75) is 50.0 Å². The molecule has 2 saturated heterocycles. The Morgan fingerprint density at radius 2 is 1.90 bits per heavy atom. The van der Waals surface area contributed by atoms with Crippen LogP contribution in [0.5, 0.6) is 0 Å². The first-order valence-corrected chi connectivity index (χ1v) is 11.0. The van der Waals surface area contributed by atoms with Gasteiger partial charge in [0.2, 0.25) is 5.91 Å². The predicted octanol–water partition coefficient (Wildman–Crippen LogP) is 0.462. The molecule has 1 aromatic rings. The topological polar surface area (TPSA) is 88.1 Å². The van der Waals surface area contributed by atoms with Crippen molar-refractivity contribution in [3.63, 3.8) is 0 Å². The Bertz CT molecular complexity index is 728. The fourth-order valence-electron chi connectivity index (χ4n) is 4.88. The number of carbonyl (C=O) groups is 1. The van der Waals surface area contributed by atoms with Gasteiger partial charge < -0.3 is 30.6 Å². The van der Waals surface area contributed by atoms with Gasteiger partial charge in [-0.3, -0.25) is 4.79 Å². The van der Waals surface area contributed by atoms with Crippen LogP contribution >= 0.6 is 12.2 Å². The van der Waals surface area contributed by atoms with Crippen LogP contribution in [-0.4, -0.2) is 76.6 Å². The quantitative estimate of drug-likeness (QED) is 0.517. The lowest BCUT2D eigenvalue weighted by Crippen LogP contribution is -2.61. The largest absolute Gasteiger partial charge is 0.390 e. The maximum Gasteiger partial charge on any atom is 0.225 e. The normalized spacial score (nSPS) is 32.6. The summed E-state index contributed by atoms with van der Waals surface area (Å²) in [6, 6.07) is 8.85. The Kier molecular flexibility index (Phi) is 6.34. The van der Waals surface area contributed by atoms with E-state index in [0.29, 0.717) is 11.7 Å². The molecule has 0 spiro atoms. The van der Waals surface area contributed by atoms with E-state index in [9.17, 15) is 15.0 Å². The molecular formula is C21H30N4O3S. The van der Waals surface area contributed by atoms with Crippen LogP contribution in [0.2, 0.25) is 0 Å². The minimum absolute atomic E-state index is 0.0876. The molecule has 2 heterocycles. The maximum absolute atomic E-state index is 13.1. The number of fused-ring (bicyclic) bond motifs is 1. The van der Waals surface area contributed by atoms with Crippen molar-refractivity contribution in [3.8, 4) is 0 Å². The minimum atomic E-state index is -0.968. The second kappa shape index (κ2) is 8.95. The molecule has 5 atom stereocenters. The van der Waals surface area contributed by atoms with Crippen LogP contribution in [0.1, 0.15) is 25.7 Å². The zero-order valence-corrected chi connectivity index (χ0v) is 17.4. The van der Waals surface area contributed by atoms with Crippen molar-refractivity contribution >= 4 is 28.9 Å². The molecule has 158 valence electrons. The number of aliphatic hydroxyl groups is 2. The summed E-state index contributed by atoms with van der Waals surface area (Å²) in [6.45, 7) is 3.62. The fourth-order valence-corrected chi connectivity index (χ4v) is 5.24. The van der Waals surface area contributed by atoms with Crippen molar-refractivity contribution in [1.29, 1.82) is 0 Å². The number of hydrogen-bond acceptors (Lipinski definition) is 5. The van der Waals surface area contributed by atoms with Crippen LogP contribution in [0.4, 0.5) is 5.69 Å². The van der Waals surface area contributed by atoms with Crippen LogP contribution in [0.3, 0.4) is 0 Å². The number of para-hydroxylation sites is 1. The fraction of sp³-hybridized carbons (Fsp3) is 0.619. The van der Waals surface area contributed by atoms with E-state index in [0.717, 1.165) is 25.3 Å². The lowest BCUT2D eigenvalue weighted by molar-refractivity contribution is -0.131. The van der Waals surface area contributed by atoms with Crippen LogP contribution in [0.25, 0.3) is 0 Å². The zero-order chi connectivity index (χ0) is 20.4. The van der Waals surface area contributed by atoms with E-state index in [1.807, 2.05) is 35.2 Å². The number of hydrogen-bond donors (Lipinski definition) is 4. The molecule has 4 rings (SSSR count). The number of aliphatic hydroxyl groups excluding tert-OH is 2. The van der Waals surface area contributed by atoms with E-state index < -0.39 is 24.2 Å². The third-order valence-electron chi connectivity index (χ3n) is 6.39. The highest BCUT2D eigenvalue weighted by Crippen LogP contribution is 2.36. The van der Waals surface area contributed by atoms with Crippen molar-refractivity contribution in [3.05, 3.63) is 30.3 Å². The first-order chi connectivity index (χ1) is 14.1. The minimum Gasteiger partial charge on any atom is -0.390 e. The van der Waals surface area contributed by atoms with Gasteiger partial charge in [-0.1, -0.05) is 24.6 Å². The van der Waals surface area contributed by atoms with Crippen LogP contribution in [-0.2, 0) is 4.79 Å². The molecule has 1 aliphatic carbocycles. The average molecular weight is 419 g/mol. The van der Waals surface area contributed by atoms with Gasteiger partial charge in [-0.25, -0.2) is 0 Å². The molecule has 1 aromatic carbocycles. The van der Waals surface area contributed by atoms with Crippen molar-refractivity contribution in [2.75, 3.05) is 31.1 Å². The number of anilines is 1. The van der Waals surface area contributed by atoms with Gasteiger partial charge in [-0.05, 0) is 56.7 Å². The molecule has 0 radical (unpaired) electrons. The summed E-state index contributed by atoms with van der Waals surface area (Å²) < 4.78 is 0. The Morgan fingerprint density at radius 1 is 1.17 bits per heavy atom. The summed E-state index contributed by atoms with van der Waals surface area (Å²) in [4.78, 5) is 17.4. The van der Waals surface area contributed by atoms with Gasteiger partial charge >= 0.3 is 0 Å². The number of amides is 1. The van der Waals surface area contributed by atoms with Gasteiger partial charge in [0.05, 0.1) is 24.1 Å². The number of nitrogens with one attached hydrogen (secondary N) is 2. The molecule has 0 bridgehead atoms. The Hall–Kier alpha value is -1.74. The van der Waals surface area contributed by atoms with Gasteiger partial charge in [-0.15, -0.1) is 0 Å². The molecule has 4 N–H and O–H groups in total. The Balaban J connectivity index is 1.48. The molecule has 3 fully saturated rings. The van der Waals surface area contributed by atoms with E-state index in [2.05, 4.69) is 15.5 Å². The second-order valence-electron chi connectivity index (χ2n) is 8.26. The summed E-state index contributed by atoms with van der Waals surface area (Å²) in [5.41, 5.74) is 0.882. The van der Waals surface area contributed by atoms with Gasteiger partial charge in [0.25, 0.3) is 0 Å². The first kappa shape index (κ1) is 20.5. The molecule has 8 heteroatoms. The van der Waals surface area contributed by atoms with Crippen LogP contribution in [0.15, 0.2) is 30.3 Å². The number of carbonyl (C=O) groups excluding carboxylic acids is 1. The third kappa shape index (κ3) is 4.26. The van der Waals surface area contributed by atoms with Gasteiger partial charge in [-0.2, -0.15) is 0 Å². The summed E-state index contributed by atoms with van der Waals surface area (Å²) in [5.74, 6) is -0.552. The Morgan fingerprint density at radius 3 is 2.62 bits per heavy atom. The highest BCUT2D eigenvalue weighted by atomic mass is 32.1. The molecule has 29 heavy (non-hydrogen) atoms. The number of thiocarbonyl (C=S) groups is 1. The molecule has 0 unspecified atom stereocenters. The lowest BCUT2D eigenvalue weighted by Gasteiger charge is -2.41. The van der Waals surface area contributed by atoms with Crippen molar-refractivity contribution in [2.24, 2.45) is 5.92 Å². The number of benzene rings is 1. The first-order valence-electron chi connectivity index (χ1n) is 10.6. The SMILES string of the molecule is O=C(NCCN1CCCCC1)[C@@H]1C[C@@H](O)[C@H](O)[C@@H]2NC(=S)N(c3ccccc3)[C@H]21. The standard InChI is InChI=1S/C21H30N4O3S/c26-16-13-15(20(28)22-9-12-24-10-5-2-6-11-24)18-17(19(16)27)23-21(29)25(18)14-7-3-1-4-8-14/h1,3-4,7-8,15-19,26-27H,2,5-6,9-13H2,(H,22,28)(H,23,29)/t15-,16-,17-,18+,19+/m1/s1. The number of rotatable bonds is 5. The van der Waals surface area contributed by atoms with E-state index in [1.54, 1.807) is 0 Å². The van der Waals surface area contributed by atoms with Crippen LogP contribution < -0.4 is 15.5 Å². The zero-order valence-electron chi connectivity index (χ0n) is 16.5. The predicted molar refractivity (Wildman–Crippen MR) is 116 cm³/mol. The molecule has 3 aliphatic rings. The van der Waals surface area contributed by atoms with Crippen LogP contribution in [0, 0.1) is 5.92 Å². The molecule has 0 aromatic heterocycles. The van der Waals surface area contributed by atoms with E-state index in [1.165, 1.54) is 19.3 Å². The monoisotopic (exact) mass is 418 g/mol. The van der Waals surface area contributed by atoms with Gasteiger partial charge in [0.1, 0.15) is 6.10 Å². The maximum atomic E-state index is 13.1. The summed E-state index contributed by atoms with van der Waals surface area (Å²) >= 11 is 5.52. The molecule has 1 amide bonds. The lowest BCUT2D eigenvalue weighted by atomic mass is 9.77. The molecular weight excluding hydrogens is 388 g/mol.